The number of aromatic amines is 1. The highest BCUT2D eigenvalue weighted by atomic mass is 16.6. The van der Waals surface area contributed by atoms with Crippen LogP contribution >= 0.6 is 0 Å². The van der Waals surface area contributed by atoms with Crippen molar-refractivity contribution in [1.29, 1.82) is 0 Å². The number of methoxy groups -OCH3 is 1. The summed E-state index contributed by atoms with van der Waals surface area (Å²) < 4.78 is 22.4. The van der Waals surface area contributed by atoms with Gasteiger partial charge in [0, 0.05) is 35.9 Å². The van der Waals surface area contributed by atoms with E-state index in [1.807, 2.05) is 44.2 Å². The van der Waals surface area contributed by atoms with Crippen LogP contribution in [0.25, 0.3) is 0 Å². The fourth-order valence-corrected chi connectivity index (χ4v) is 4.47. The number of alkyl carbamates (subject to hydrolysis) is 1. The summed E-state index contributed by atoms with van der Waals surface area (Å²) in [6, 6.07) is 14.4. The maximum atomic E-state index is 12.6. The molecule has 1 heterocycles. The number of carbonyl (C=O) groups excluding carboxylic acids is 3. The summed E-state index contributed by atoms with van der Waals surface area (Å²) in [6.07, 6.45) is 2.29. The van der Waals surface area contributed by atoms with E-state index in [0.29, 0.717) is 24.3 Å². The number of amides is 2. The zero-order valence-corrected chi connectivity index (χ0v) is 22.8. The smallest absolute Gasteiger partial charge is 0.407 e. The number of aldehydes is 1. The zero-order valence-electron chi connectivity index (χ0n) is 22.8. The second kappa shape index (κ2) is 13.5. The van der Waals surface area contributed by atoms with Crippen molar-refractivity contribution in [3.63, 3.8) is 0 Å². The van der Waals surface area contributed by atoms with Gasteiger partial charge in [-0.1, -0.05) is 30.3 Å². The van der Waals surface area contributed by atoms with Crippen molar-refractivity contribution in [3.8, 4) is 17.2 Å². The van der Waals surface area contributed by atoms with E-state index in [-0.39, 0.29) is 48.3 Å². The minimum absolute atomic E-state index is 0.0106. The standard InChI is InChI=1S/C29H34N4O7/c1-18(2)30-29(36)40-21-10-9-20(11-21)24-14-27(33-32-24)31-28(35)17-39-26-13-22(37-3)12-25(23(26)15-34)38-16-19-7-5-4-6-8-19/h4-8,12-15,18,20-21H,9-11,16-17H2,1-3H3,(H,30,36)(H2,31,32,33,35)/t20-,21+/m0/s1. The van der Waals surface area contributed by atoms with E-state index in [2.05, 4.69) is 20.8 Å². The van der Waals surface area contributed by atoms with Crippen LogP contribution in [-0.4, -0.2) is 54.3 Å². The summed E-state index contributed by atoms with van der Waals surface area (Å²) in [6.45, 7) is 3.63. The number of hydrogen-bond acceptors (Lipinski definition) is 8. The van der Waals surface area contributed by atoms with E-state index in [0.717, 1.165) is 24.1 Å². The number of nitrogens with zero attached hydrogens (tertiary/aromatic N) is 1. The van der Waals surface area contributed by atoms with E-state index in [4.69, 9.17) is 18.9 Å². The molecule has 11 heteroatoms. The molecule has 2 aromatic carbocycles. The van der Waals surface area contributed by atoms with Crippen molar-refractivity contribution in [2.45, 2.75) is 57.8 Å². The van der Waals surface area contributed by atoms with Crippen molar-refractivity contribution >= 4 is 24.1 Å². The fraction of sp³-hybridized carbons (Fsp3) is 0.379. The van der Waals surface area contributed by atoms with Gasteiger partial charge in [0.2, 0.25) is 0 Å². The predicted molar refractivity (Wildman–Crippen MR) is 147 cm³/mol. The van der Waals surface area contributed by atoms with Crippen molar-refractivity contribution < 1.29 is 33.3 Å². The van der Waals surface area contributed by atoms with E-state index < -0.39 is 12.0 Å². The number of anilines is 1. The van der Waals surface area contributed by atoms with Crippen LogP contribution in [-0.2, 0) is 16.1 Å². The predicted octanol–water partition coefficient (Wildman–Crippen LogP) is 4.60. The maximum absolute atomic E-state index is 12.6. The highest BCUT2D eigenvalue weighted by molar-refractivity contribution is 5.91. The third kappa shape index (κ3) is 7.75. The lowest BCUT2D eigenvalue weighted by molar-refractivity contribution is -0.118. The average molecular weight is 551 g/mol. The highest BCUT2D eigenvalue weighted by Gasteiger charge is 2.30. The Labute approximate surface area is 232 Å². The van der Waals surface area contributed by atoms with Gasteiger partial charge < -0.3 is 29.6 Å². The maximum Gasteiger partial charge on any atom is 0.407 e. The van der Waals surface area contributed by atoms with Gasteiger partial charge in [0.15, 0.2) is 18.7 Å². The molecule has 2 amide bonds. The van der Waals surface area contributed by atoms with E-state index in [1.165, 1.54) is 13.2 Å². The zero-order chi connectivity index (χ0) is 28.5. The van der Waals surface area contributed by atoms with Gasteiger partial charge in [-0.25, -0.2) is 4.79 Å². The molecule has 4 rings (SSSR count). The molecule has 0 radical (unpaired) electrons. The normalized spacial score (nSPS) is 16.3. The van der Waals surface area contributed by atoms with Gasteiger partial charge in [0.05, 0.1) is 12.7 Å². The van der Waals surface area contributed by atoms with E-state index in [9.17, 15) is 14.4 Å². The molecule has 0 aliphatic heterocycles. The molecule has 11 nitrogen and oxygen atoms in total. The van der Waals surface area contributed by atoms with Gasteiger partial charge >= 0.3 is 6.09 Å². The van der Waals surface area contributed by atoms with Crippen molar-refractivity contribution in [3.05, 3.63) is 65.4 Å². The average Bonchev–Trinajstić information content (AvgIpc) is 3.60. The van der Waals surface area contributed by atoms with Gasteiger partial charge in [0.1, 0.15) is 30.0 Å². The van der Waals surface area contributed by atoms with Crippen LogP contribution < -0.4 is 24.8 Å². The SMILES string of the molecule is COc1cc(OCC(=O)Nc2cc([C@H]3CC[C@@H](OC(=O)NC(C)C)C3)[nH]n2)c(C=O)c(OCc2ccccc2)c1. The minimum Gasteiger partial charge on any atom is -0.496 e. The largest absolute Gasteiger partial charge is 0.496 e. The molecule has 3 N–H and O–H groups in total. The lowest BCUT2D eigenvalue weighted by Crippen LogP contribution is -2.33. The molecular formula is C29H34N4O7. The Balaban J connectivity index is 1.32. The highest BCUT2D eigenvalue weighted by Crippen LogP contribution is 2.36. The molecule has 3 aromatic rings. The van der Waals surface area contributed by atoms with Crippen LogP contribution in [0.5, 0.6) is 17.2 Å². The van der Waals surface area contributed by atoms with Crippen LogP contribution in [0.4, 0.5) is 10.6 Å². The molecule has 1 aromatic heterocycles. The summed E-state index contributed by atoms with van der Waals surface area (Å²) in [5.41, 5.74) is 1.95. The number of ether oxygens (including phenoxy) is 4. The molecule has 0 bridgehead atoms. The molecule has 40 heavy (non-hydrogen) atoms. The monoisotopic (exact) mass is 550 g/mol. The Morgan fingerprint density at radius 1 is 1.10 bits per heavy atom. The lowest BCUT2D eigenvalue weighted by Gasteiger charge is -2.15. The molecule has 0 saturated heterocycles. The van der Waals surface area contributed by atoms with Gasteiger partial charge in [0.25, 0.3) is 5.91 Å². The topological polar surface area (TPSA) is 141 Å². The molecule has 0 unspecified atom stereocenters. The molecule has 1 aliphatic carbocycles. The molecule has 2 atom stereocenters. The first-order chi connectivity index (χ1) is 19.3. The van der Waals surface area contributed by atoms with Gasteiger partial charge in [-0.3, -0.25) is 14.7 Å². The van der Waals surface area contributed by atoms with Crippen molar-refractivity contribution in [2.75, 3.05) is 19.0 Å². The third-order valence-electron chi connectivity index (χ3n) is 6.40. The van der Waals surface area contributed by atoms with Crippen LogP contribution in [0.3, 0.4) is 0 Å². The second-order valence-electron chi connectivity index (χ2n) is 9.81. The summed E-state index contributed by atoms with van der Waals surface area (Å²) in [7, 11) is 1.49. The fourth-order valence-electron chi connectivity index (χ4n) is 4.47. The van der Waals surface area contributed by atoms with Crippen LogP contribution in [0.2, 0.25) is 0 Å². The molecule has 0 spiro atoms. The summed E-state index contributed by atoms with van der Waals surface area (Å²) in [5.74, 6) is 0.884. The molecule has 212 valence electrons. The first-order valence-electron chi connectivity index (χ1n) is 13.1. The Morgan fingerprint density at radius 3 is 2.55 bits per heavy atom. The Bertz CT molecular complexity index is 1310. The Hall–Kier alpha value is -4.54. The molecule has 1 fully saturated rings. The molecule has 1 aliphatic rings. The van der Waals surface area contributed by atoms with Crippen molar-refractivity contribution in [2.24, 2.45) is 0 Å². The van der Waals surface area contributed by atoms with Crippen LogP contribution in [0, 0.1) is 0 Å². The number of aromatic nitrogens is 2. The second-order valence-corrected chi connectivity index (χ2v) is 9.81. The lowest BCUT2D eigenvalue weighted by atomic mass is 10.0. The summed E-state index contributed by atoms with van der Waals surface area (Å²) in [4.78, 5) is 36.4. The number of benzene rings is 2. The van der Waals surface area contributed by atoms with Crippen molar-refractivity contribution in [1.82, 2.24) is 15.5 Å². The van der Waals surface area contributed by atoms with E-state index in [1.54, 1.807) is 12.1 Å². The van der Waals surface area contributed by atoms with Gasteiger partial charge in [-0.2, -0.15) is 5.10 Å². The number of carbonyl (C=O) groups is 3. The number of hydrogen-bond donors (Lipinski definition) is 3. The Morgan fingerprint density at radius 2 is 1.85 bits per heavy atom. The summed E-state index contributed by atoms with van der Waals surface area (Å²) >= 11 is 0. The third-order valence-corrected chi connectivity index (χ3v) is 6.40. The van der Waals surface area contributed by atoms with Crippen LogP contribution in [0.1, 0.15) is 60.6 Å². The molecule has 1 saturated carbocycles. The van der Waals surface area contributed by atoms with Gasteiger partial charge in [-0.15, -0.1) is 0 Å². The van der Waals surface area contributed by atoms with Crippen LogP contribution in [0.15, 0.2) is 48.5 Å². The first kappa shape index (κ1) is 28.5. The number of H-pyrrole nitrogens is 1. The molecular weight excluding hydrogens is 516 g/mol. The van der Waals surface area contributed by atoms with Gasteiger partial charge in [-0.05, 0) is 38.7 Å². The first-order valence-corrected chi connectivity index (χ1v) is 13.1. The number of nitrogens with one attached hydrogen (secondary N) is 3. The quantitative estimate of drug-likeness (QED) is 0.278. The Kier molecular flexibility index (Phi) is 9.61. The van der Waals surface area contributed by atoms with E-state index >= 15 is 0 Å². The minimum atomic E-state index is -0.456. The number of rotatable bonds is 12. The summed E-state index contributed by atoms with van der Waals surface area (Å²) in [5, 5.41) is 12.6.